The first kappa shape index (κ1) is 17.3. The number of benzene rings is 2. The molecule has 0 atom stereocenters. The molecular formula is C15H16ClN3O3S. The van der Waals surface area contributed by atoms with Gasteiger partial charge >= 0.3 is 0 Å². The van der Waals surface area contributed by atoms with E-state index in [1.807, 2.05) is 5.43 Å². The number of para-hydroxylation sites is 1. The van der Waals surface area contributed by atoms with Gasteiger partial charge in [0.2, 0.25) is 0 Å². The standard InChI is InChI=1S/C15H16ClN3O3S/c1-11-4-2-3-5-14(11)19(10-15(20)18-17)23(21,22)13-8-6-12(16)7-9-13/h2-9H,10,17H2,1H3,(H,18,20). The number of nitrogens with one attached hydrogen (secondary N) is 1. The second-order valence-electron chi connectivity index (χ2n) is 4.82. The van der Waals surface area contributed by atoms with Crippen LogP contribution in [-0.4, -0.2) is 20.9 Å². The number of nitrogens with two attached hydrogens (primary N) is 1. The summed E-state index contributed by atoms with van der Waals surface area (Å²) in [5.74, 6) is 4.48. The van der Waals surface area contributed by atoms with E-state index in [1.165, 1.54) is 24.3 Å². The molecule has 0 heterocycles. The summed E-state index contributed by atoms with van der Waals surface area (Å²) >= 11 is 5.80. The fourth-order valence-corrected chi connectivity index (χ4v) is 3.66. The van der Waals surface area contributed by atoms with Crippen molar-refractivity contribution in [3.63, 3.8) is 0 Å². The quantitative estimate of drug-likeness (QED) is 0.487. The van der Waals surface area contributed by atoms with Crippen molar-refractivity contribution >= 4 is 33.2 Å². The van der Waals surface area contributed by atoms with Crippen LogP contribution in [0.5, 0.6) is 0 Å². The molecule has 0 aliphatic carbocycles. The molecular weight excluding hydrogens is 338 g/mol. The minimum atomic E-state index is -3.94. The number of halogens is 1. The zero-order chi connectivity index (χ0) is 17.0. The molecule has 0 bridgehead atoms. The topological polar surface area (TPSA) is 92.5 Å². The summed E-state index contributed by atoms with van der Waals surface area (Å²) in [6.07, 6.45) is 0. The first-order valence-electron chi connectivity index (χ1n) is 6.69. The average Bonchev–Trinajstić information content (AvgIpc) is 2.53. The summed E-state index contributed by atoms with van der Waals surface area (Å²) in [6.45, 7) is 1.34. The highest BCUT2D eigenvalue weighted by molar-refractivity contribution is 7.92. The predicted octanol–water partition coefficient (Wildman–Crippen LogP) is 1.83. The van der Waals surface area contributed by atoms with Crippen LogP contribution in [0.4, 0.5) is 5.69 Å². The van der Waals surface area contributed by atoms with Crippen LogP contribution >= 0.6 is 11.6 Å². The molecule has 0 aliphatic rings. The van der Waals surface area contributed by atoms with Gasteiger partial charge in [0.15, 0.2) is 0 Å². The van der Waals surface area contributed by atoms with Crippen LogP contribution in [0.1, 0.15) is 5.56 Å². The Bertz CT molecular complexity index is 807. The molecule has 2 aromatic rings. The Labute approximate surface area is 139 Å². The van der Waals surface area contributed by atoms with Crippen molar-refractivity contribution < 1.29 is 13.2 Å². The molecule has 0 saturated heterocycles. The summed E-state index contributed by atoms with van der Waals surface area (Å²) in [6, 6.07) is 12.6. The number of amides is 1. The summed E-state index contributed by atoms with van der Waals surface area (Å²) in [7, 11) is -3.94. The van der Waals surface area contributed by atoms with Crippen molar-refractivity contribution in [2.24, 2.45) is 5.84 Å². The second-order valence-corrected chi connectivity index (χ2v) is 7.12. The number of rotatable bonds is 5. The van der Waals surface area contributed by atoms with Gasteiger partial charge in [0.25, 0.3) is 15.9 Å². The maximum atomic E-state index is 12.9. The predicted molar refractivity (Wildman–Crippen MR) is 89.5 cm³/mol. The van der Waals surface area contributed by atoms with Gasteiger partial charge in [-0.25, -0.2) is 14.3 Å². The first-order chi connectivity index (χ1) is 10.9. The molecule has 23 heavy (non-hydrogen) atoms. The van der Waals surface area contributed by atoms with Crippen LogP contribution in [0.15, 0.2) is 53.4 Å². The Morgan fingerprint density at radius 3 is 2.35 bits per heavy atom. The molecule has 0 aliphatic heterocycles. The molecule has 0 fully saturated rings. The van der Waals surface area contributed by atoms with E-state index >= 15 is 0 Å². The summed E-state index contributed by atoms with van der Waals surface area (Å²) < 4.78 is 26.8. The molecule has 3 N–H and O–H groups in total. The summed E-state index contributed by atoms with van der Waals surface area (Å²) in [5, 5.41) is 0.422. The lowest BCUT2D eigenvalue weighted by atomic mass is 10.2. The first-order valence-corrected chi connectivity index (χ1v) is 8.51. The molecule has 0 spiro atoms. The minimum absolute atomic E-state index is 0.0370. The fraction of sp³-hybridized carbons (Fsp3) is 0.133. The van der Waals surface area contributed by atoms with Crippen molar-refractivity contribution in [1.29, 1.82) is 0 Å². The molecule has 0 aromatic heterocycles. The van der Waals surface area contributed by atoms with E-state index in [4.69, 9.17) is 17.4 Å². The van der Waals surface area contributed by atoms with Crippen LogP contribution < -0.4 is 15.6 Å². The number of nitrogens with zero attached hydrogens (tertiary/aromatic N) is 1. The molecule has 2 aromatic carbocycles. The Hall–Kier alpha value is -2.09. The summed E-state index contributed by atoms with van der Waals surface area (Å²) in [5.41, 5.74) is 3.08. The van der Waals surface area contributed by atoms with E-state index in [0.29, 0.717) is 10.7 Å². The number of hydrazine groups is 1. The van der Waals surface area contributed by atoms with Crippen molar-refractivity contribution in [2.75, 3.05) is 10.8 Å². The smallest absolute Gasteiger partial charge is 0.264 e. The van der Waals surface area contributed by atoms with E-state index in [0.717, 1.165) is 9.87 Å². The average molecular weight is 354 g/mol. The number of sulfonamides is 1. The lowest BCUT2D eigenvalue weighted by molar-refractivity contribution is -0.119. The number of anilines is 1. The zero-order valence-electron chi connectivity index (χ0n) is 12.4. The van der Waals surface area contributed by atoms with E-state index < -0.39 is 22.5 Å². The third-order valence-corrected chi connectivity index (χ3v) is 5.26. The van der Waals surface area contributed by atoms with Crippen molar-refractivity contribution in [1.82, 2.24) is 5.43 Å². The molecule has 8 heteroatoms. The van der Waals surface area contributed by atoms with Crippen LogP contribution in [0.25, 0.3) is 0 Å². The van der Waals surface area contributed by atoms with E-state index in [2.05, 4.69) is 0 Å². The number of carbonyl (C=O) groups excluding carboxylic acids is 1. The Morgan fingerprint density at radius 2 is 1.78 bits per heavy atom. The van der Waals surface area contributed by atoms with Crippen LogP contribution in [0.2, 0.25) is 5.02 Å². The van der Waals surface area contributed by atoms with E-state index in [1.54, 1.807) is 31.2 Å². The largest absolute Gasteiger partial charge is 0.293 e. The van der Waals surface area contributed by atoms with Crippen LogP contribution in [0.3, 0.4) is 0 Å². The highest BCUT2D eigenvalue weighted by Gasteiger charge is 2.27. The fourth-order valence-electron chi connectivity index (χ4n) is 2.05. The second kappa shape index (κ2) is 6.99. The van der Waals surface area contributed by atoms with Crippen molar-refractivity contribution in [3.8, 4) is 0 Å². The number of carbonyl (C=O) groups is 1. The molecule has 0 radical (unpaired) electrons. The van der Waals surface area contributed by atoms with E-state index in [9.17, 15) is 13.2 Å². The van der Waals surface area contributed by atoms with Gasteiger partial charge < -0.3 is 0 Å². The maximum absolute atomic E-state index is 12.9. The van der Waals surface area contributed by atoms with Gasteiger partial charge in [0.05, 0.1) is 10.6 Å². The number of hydrogen-bond acceptors (Lipinski definition) is 4. The molecule has 6 nitrogen and oxygen atoms in total. The lowest BCUT2D eigenvalue weighted by Gasteiger charge is -2.25. The van der Waals surface area contributed by atoms with Crippen molar-refractivity contribution in [3.05, 3.63) is 59.1 Å². The SMILES string of the molecule is Cc1ccccc1N(CC(=O)NN)S(=O)(=O)c1ccc(Cl)cc1. The maximum Gasteiger partial charge on any atom is 0.264 e. The molecule has 122 valence electrons. The number of aryl methyl sites for hydroxylation is 1. The normalized spacial score (nSPS) is 11.1. The van der Waals surface area contributed by atoms with E-state index in [-0.39, 0.29) is 4.90 Å². The monoisotopic (exact) mass is 353 g/mol. The summed E-state index contributed by atoms with van der Waals surface area (Å²) in [4.78, 5) is 11.7. The zero-order valence-corrected chi connectivity index (χ0v) is 13.9. The lowest BCUT2D eigenvalue weighted by Crippen LogP contribution is -2.43. The van der Waals surface area contributed by atoms with Gasteiger partial charge in [-0.3, -0.25) is 14.5 Å². The Balaban J connectivity index is 2.54. The van der Waals surface area contributed by atoms with Gasteiger partial charge in [-0.15, -0.1) is 0 Å². The van der Waals surface area contributed by atoms with Crippen molar-refractivity contribution in [2.45, 2.75) is 11.8 Å². The molecule has 2 rings (SSSR count). The van der Waals surface area contributed by atoms with Crippen LogP contribution in [0, 0.1) is 6.92 Å². The third kappa shape index (κ3) is 3.82. The van der Waals surface area contributed by atoms with Crippen LogP contribution in [-0.2, 0) is 14.8 Å². The number of hydrogen-bond donors (Lipinski definition) is 2. The molecule has 1 amide bonds. The highest BCUT2D eigenvalue weighted by Crippen LogP contribution is 2.27. The van der Waals surface area contributed by atoms with Gasteiger partial charge in [-0.2, -0.15) is 0 Å². The molecule has 0 saturated carbocycles. The van der Waals surface area contributed by atoms with Gasteiger partial charge in [0.1, 0.15) is 6.54 Å². The van der Waals surface area contributed by atoms with Gasteiger partial charge in [0, 0.05) is 5.02 Å². The van der Waals surface area contributed by atoms with Gasteiger partial charge in [-0.05, 0) is 42.8 Å². The Morgan fingerprint density at radius 1 is 1.17 bits per heavy atom. The van der Waals surface area contributed by atoms with Gasteiger partial charge in [-0.1, -0.05) is 29.8 Å². The highest BCUT2D eigenvalue weighted by atomic mass is 35.5. The molecule has 0 unspecified atom stereocenters. The minimum Gasteiger partial charge on any atom is -0.293 e. The third-order valence-electron chi connectivity index (χ3n) is 3.23. The Kier molecular flexibility index (Phi) is 5.25.